The van der Waals surface area contributed by atoms with Crippen LogP contribution in [0.3, 0.4) is 0 Å². The Kier molecular flexibility index (Phi) is 6.64. The molecule has 3 rings (SSSR count). The van der Waals surface area contributed by atoms with Crippen molar-refractivity contribution in [1.82, 2.24) is 5.32 Å². The number of methoxy groups -OCH3 is 1. The lowest BCUT2D eigenvalue weighted by Crippen LogP contribution is -2.30. The molecule has 0 bridgehead atoms. The van der Waals surface area contributed by atoms with E-state index >= 15 is 0 Å². The van der Waals surface area contributed by atoms with Crippen LogP contribution < -0.4 is 19.5 Å². The highest BCUT2D eigenvalue weighted by atomic mass is 32.2. The highest BCUT2D eigenvalue weighted by Crippen LogP contribution is 2.32. The monoisotopic (exact) mass is 419 g/mol. The van der Waals surface area contributed by atoms with E-state index in [0.717, 1.165) is 5.56 Å². The second-order valence-electron chi connectivity index (χ2n) is 6.64. The minimum Gasteiger partial charge on any atom is -0.496 e. The Bertz CT molecular complexity index is 973. The SMILES string of the molecule is CCC(NC(=O)CCS(=O)(=O)c1ccc2c(c1)OCCO2)c1ccccc1OC. The van der Waals surface area contributed by atoms with E-state index in [9.17, 15) is 13.2 Å². The van der Waals surface area contributed by atoms with Crippen LogP contribution in [0, 0.1) is 0 Å². The number of carbonyl (C=O) groups excluding carboxylic acids is 1. The molecule has 1 atom stereocenters. The number of carbonyl (C=O) groups is 1. The molecule has 2 aromatic rings. The third kappa shape index (κ3) is 5.00. The zero-order valence-corrected chi connectivity index (χ0v) is 17.3. The average Bonchev–Trinajstić information content (AvgIpc) is 2.75. The second-order valence-corrected chi connectivity index (χ2v) is 8.75. The van der Waals surface area contributed by atoms with E-state index in [1.165, 1.54) is 12.1 Å². The molecule has 1 unspecified atom stereocenters. The van der Waals surface area contributed by atoms with Crippen LogP contribution in [0.1, 0.15) is 31.4 Å². The summed E-state index contributed by atoms with van der Waals surface area (Å²) in [6.45, 7) is 2.76. The van der Waals surface area contributed by atoms with Gasteiger partial charge in [-0.1, -0.05) is 25.1 Å². The van der Waals surface area contributed by atoms with Gasteiger partial charge >= 0.3 is 0 Å². The fraction of sp³-hybridized carbons (Fsp3) is 0.381. The molecule has 0 saturated carbocycles. The Morgan fingerprint density at radius 1 is 1.14 bits per heavy atom. The van der Waals surface area contributed by atoms with E-state index in [0.29, 0.717) is 36.9 Å². The first kappa shape index (κ1) is 21.0. The molecule has 7 nitrogen and oxygen atoms in total. The molecule has 1 aliphatic heterocycles. The van der Waals surface area contributed by atoms with E-state index in [4.69, 9.17) is 14.2 Å². The first-order valence-corrected chi connectivity index (χ1v) is 11.1. The maximum atomic E-state index is 12.7. The Morgan fingerprint density at radius 2 is 1.86 bits per heavy atom. The van der Waals surface area contributed by atoms with Gasteiger partial charge < -0.3 is 19.5 Å². The van der Waals surface area contributed by atoms with Gasteiger partial charge in [-0.3, -0.25) is 4.79 Å². The number of benzene rings is 2. The summed E-state index contributed by atoms with van der Waals surface area (Å²) >= 11 is 0. The van der Waals surface area contributed by atoms with Crippen molar-refractivity contribution in [3.63, 3.8) is 0 Å². The van der Waals surface area contributed by atoms with Crippen LogP contribution in [-0.2, 0) is 14.6 Å². The second kappa shape index (κ2) is 9.17. The zero-order chi connectivity index (χ0) is 20.9. The van der Waals surface area contributed by atoms with Crippen molar-refractivity contribution in [2.24, 2.45) is 0 Å². The Hall–Kier alpha value is -2.74. The summed E-state index contributed by atoms with van der Waals surface area (Å²) in [7, 11) is -2.05. The molecule has 0 aromatic heterocycles. The van der Waals surface area contributed by atoms with Crippen molar-refractivity contribution in [1.29, 1.82) is 0 Å². The summed E-state index contributed by atoms with van der Waals surface area (Å²) in [5.41, 5.74) is 0.862. The quantitative estimate of drug-likeness (QED) is 0.708. The number of rotatable bonds is 8. The molecule has 1 heterocycles. The molecule has 156 valence electrons. The Balaban J connectivity index is 1.64. The smallest absolute Gasteiger partial charge is 0.221 e. The molecule has 1 N–H and O–H groups in total. The van der Waals surface area contributed by atoms with E-state index in [1.807, 2.05) is 31.2 Å². The van der Waals surface area contributed by atoms with Gasteiger partial charge in [-0.2, -0.15) is 0 Å². The number of hydrogen-bond acceptors (Lipinski definition) is 6. The summed E-state index contributed by atoms with van der Waals surface area (Å²) in [5.74, 6) is 0.993. The third-order valence-corrected chi connectivity index (χ3v) is 6.44. The lowest BCUT2D eigenvalue weighted by Gasteiger charge is -2.20. The molecule has 8 heteroatoms. The zero-order valence-electron chi connectivity index (χ0n) is 16.5. The number of nitrogens with one attached hydrogen (secondary N) is 1. The topological polar surface area (TPSA) is 90.9 Å². The number of sulfone groups is 1. The summed E-state index contributed by atoms with van der Waals surface area (Å²) in [6, 6.07) is 11.7. The number of ether oxygens (including phenoxy) is 3. The predicted octanol–water partition coefficient (Wildman–Crippen LogP) is 2.90. The van der Waals surface area contributed by atoms with Crippen molar-refractivity contribution in [3.8, 4) is 17.2 Å². The minimum atomic E-state index is -3.63. The van der Waals surface area contributed by atoms with Crippen molar-refractivity contribution in [2.45, 2.75) is 30.7 Å². The molecular formula is C21H25NO6S. The molecule has 0 radical (unpaired) electrons. The molecule has 0 fully saturated rings. The summed E-state index contributed by atoms with van der Waals surface area (Å²) in [4.78, 5) is 12.6. The van der Waals surface area contributed by atoms with Crippen LogP contribution in [0.25, 0.3) is 0 Å². The van der Waals surface area contributed by atoms with Crippen LogP contribution >= 0.6 is 0 Å². The Labute approximate surface area is 170 Å². The minimum absolute atomic E-state index is 0.117. The van der Waals surface area contributed by atoms with E-state index in [2.05, 4.69) is 5.32 Å². The van der Waals surface area contributed by atoms with Crippen LogP contribution in [0.4, 0.5) is 0 Å². The molecule has 29 heavy (non-hydrogen) atoms. The Morgan fingerprint density at radius 3 is 2.59 bits per heavy atom. The average molecular weight is 419 g/mol. The van der Waals surface area contributed by atoms with E-state index < -0.39 is 9.84 Å². The standard InChI is InChI=1S/C21H25NO6S/c1-3-17(16-6-4-5-7-18(16)26-2)22-21(23)10-13-29(24,25)15-8-9-19-20(14-15)28-12-11-27-19/h4-9,14,17H,3,10-13H2,1-2H3,(H,22,23). The van der Waals surface area contributed by atoms with Crippen molar-refractivity contribution < 1.29 is 27.4 Å². The fourth-order valence-corrected chi connectivity index (χ4v) is 4.43. The van der Waals surface area contributed by atoms with Gasteiger partial charge in [0.15, 0.2) is 21.3 Å². The fourth-order valence-electron chi connectivity index (χ4n) is 3.18. The molecule has 2 aromatic carbocycles. The summed E-state index contributed by atoms with van der Waals surface area (Å²) in [6.07, 6.45) is 0.517. The van der Waals surface area contributed by atoms with Gasteiger partial charge in [0.25, 0.3) is 0 Å². The van der Waals surface area contributed by atoms with Crippen molar-refractivity contribution >= 4 is 15.7 Å². The highest BCUT2D eigenvalue weighted by Gasteiger charge is 2.22. The molecule has 1 amide bonds. The van der Waals surface area contributed by atoms with Gasteiger partial charge in [0.1, 0.15) is 19.0 Å². The van der Waals surface area contributed by atoms with Crippen LogP contribution in [0.5, 0.6) is 17.2 Å². The van der Waals surface area contributed by atoms with Crippen LogP contribution in [0.2, 0.25) is 0 Å². The maximum Gasteiger partial charge on any atom is 0.221 e. The first-order valence-electron chi connectivity index (χ1n) is 9.49. The summed E-state index contributed by atoms with van der Waals surface area (Å²) in [5, 5.41) is 2.90. The first-order chi connectivity index (χ1) is 13.9. The number of hydrogen-bond donors (Lipinski definition) is 1. The van der Waals surface area contributed by atoms with Gasteiger partial charge in [-0.15, -0.1) is 0 Å². The van der Waals surface area contributed by atoms with Gasteiger partial charge in [0.2, 0.25) is 5.91 Å². The van der Waals surface area contributed by atoms with Gasteiger partial charge in [0.05, 0.1) is 23.8 Å². The lowest BCUT2D eigenvalue weighted by molar-refractivity contribution is -0.121. The molecule has 1 aliphatic rings. The maximum absolute atomic E-state index is 12.7. The lowest BCUT2D eigenvalue weighted by atomic mass is 10.0. The molecule has 0 saturated heterocycles. The summed E-state index contributed by atoms with van der Waals surface area (Å²) < 4.78 is 41.5. The van der Waals surface area contributed by atoms with Crippen LogP contribution in [0.15, 0.2) is 47.4 Å². The number of fused-ring (bicyclic) bond motifs is 1. The third-order valence-electron chi connectivity index (χ3n) is 4.73. The van der Waals surface area contributed by atoms with E-state index in [-0.39, 0.29) is 29.0 Å². The largest absolute Gasteiger partial charge is 0.496 e. The highest BCUT2D eigenvalue weighted by molar-refractivity contribution is 7.91. The van der Waals surface area contributed by atoms with Crippen molar-refractivity contribution in [2.75, 3.05) is 26.1 Å². The van der Waals surface area contributed by atoms with Crippen LogP contribution in [-0.4, -0.2) is 40.4 Å². The van der Waals surface area contributed by atoms with Crippen molar-refractivity contribution in [3.05, 3.63) is 48.0 Å². The van der Waals surface area contributed by atoms with Gasteiger partial charge in [-0.25, -0.2) is 8.42 Å². The number of amides is 1. The van der Waals surface area contributed by atoms with Gasteiger partial charge in [-0.05, 0) is 24.6 Å². The molecular weight excluding hydrogens is 394 g/mol. The normalized spacial score (nSPS) is 14.1. The molecule has 0 aliphatic carbocycles. The molecule has 0 spiro atoms. The predicted molar refractivity (Wildman–Crippen MR) is 108 cm³/mol. The van der Waals surface area contributed by atoms with E-state index in [1.54, 1.807) is 13.2 Å². The number of para-hydroxylation sites is 1. The van der Waals surface area contributed by atoms with Gasteiger partial charge in [0, 0.05) is 18.1 Å².